The molecule has 0 bridgehead atoms. The molecule has 1 aromatic rings. The van der Waals surface area contributed by atoms with Gasteiger partial charge in [0.15, 0.2) is 0 Å². The summed E-state index contributed by atoms with van der Waals surface area (Å²) in [5, 5.41) is 21.4. The summed E-state index contributed by atoms with van der Waals surface area (Å²) in [5.41, 5.74) is -0.296. The molecule has 0 fully saturated rings. The maximum absolute atomic E-state index is 11.5. The van der Waals surface area contributed by atoms with Crippen LogP contribution >= 0.6 is 0 Å². The third-order valence-electron chi connectivity index (χ3n) is 2.13. The molecule has 0 aliphatic carbocycles. The van der Waals surface area contributed by atoms with Crippen molar-refractivity contribution in [2.24, 2.45) is 0 Å². The Morgan fingerprint density at radius 2 is 2.29 bits per heavy atom. The van der Waals surface area contributed by atoms with Gasteiger partial charge in [-0.05, 0) is 6.42 Å². The first kappa shape index (κ1) is 12.7. The third kappa shape index (κ3) is 3.03. The summed E-state index contributed by atoms with van der Waals surface area (Å²) in [5.74, 6) is -1.84. The zero-order valence-electron chi connectivity index (χ0n) is 8.97. The van der Waals surface area contributed by atoms with Crippen LogP contribution in [0.25, 0.3) is 0 Å². The Morgan fingerprint density at radius 1 is 1.65 bits per heavy atom. The van der Waals surface area contributed by atoms with E-state index in [-0.39, 0.29) is 17.8 Å². The van der Waals surface area contributed by atoms with Gasteiger partial charge in [0, 0.05) is 6.07 Å². The highest BCUT2D eigenvalue weighted by Gasteiger charge is 2.20. The van der Waals surface area contributed by atoms with Gasteiger partial charge >= 0.3 is 5.97 Å². The lowest BCUT2D eigenvalue weighted by molar-refractivity contribution is -0.384. The smallest absolute Gasteiger partial charge is 0.326 e. The molecule has 0 saturated heterocycles. The molecule has 1 atom stereocenters. The summed E-state index contributed by atoms with van der Waals surface area (Å²) in [6, 6.07) is 0.0361. The first-order chi connectivity index (χ1) is 7.95. The number of carboxylic acids is 1. The van der Waals surface area contributed by atoms with E-state index < -0.39 is 22.8 Å². The van der Waals surface area contributed by atoms with E-state index in [1.807, 2.05) is 0 Å². The van der Waals surface area contributed by atoms with Gasteiger partial charge in [-0.3, -0.25) is 14.9 Å². The maximum atomic E-state index is 11.5. The topological polar surface area (TPSA) is 125 Å². The summed E-state index contributed by atoms with van der Waals surface area (Å²) >= 11 is 0. The molecule has 0 aliphatic rings. The minimum Gasteiger partial charge on any atom is -0.480 e. The SMILES string of the molecule is CC[C@@H](NC(=O)c1cc([N+](=O)[O-])c[nH]1)C(=O)O. The quantitative estimate of drug-likeness (QED) is 0.511. The number of hydrogen-bond donors (Lipinski definition) is 3. The number of nitrogens with zero attached hydrogens (tertiary/aromatic N) is 1. The molecule has 0 spiro atoms. The molecule has 0 aliphatic heterocycles. The number of aliphatic carboxylic acids is 1. The van der Waals surface area contributed by atoms with Gasteiger partial charge < -0.3 is 15.4 Å². The third-order valence-corrected chi connectivity index (χ3v) is 2.13. The molecule has 8 heteroatoms. The fourth-order valence-electron chi connectivity index (χ4n) is 1.19. The Balaban J connectivity index is 2.75. The lowest BCUT2D eigenvalue weighted by Gasteiger charge is -2.10. The van der Waals surface area contributed by atoms with E-state index in [1.165, 1.54) is 0 Å². The molecule has 92 valence electrons. The number of nitrogens with one attached hydrogen (secondary N) is 2. The average Bonchev–Trinajstić information content (AvgIpc) is 2.74. The van der Waals surface area contributed by atoms with Crippen molar-refractivity contribution in [2.75, 3.05) is 0 Å². The van der Waals surface area contributed by atoms with E-state index in [2.05, 4.69) is 10.3 Å². The van der Waals surface area contributed by atoms with Crippen molar-refractivity contribution in [1.82, 2.24) is 10.3 Å². The highest BCUT2D eigenvalue weighted by Crippen LogP contribution is 2.12. The zero-order valence-corrected chi connectivity index (χ0v) is 8.97. The van der Waals surface area contributed by atoms with Crippen molar-refractivity contribution in [1.29, 1.82) is 0 Å². The van der Waals surface area contributed by atoms with E-state index in [1.54, 1.807) is 6.92 Å². The maximum Gasteiger partial charge on any atom is 0.326 e. The van der Waals surface area contributed by atoms with Crippen molar-refractivity contribution in [3.05, 3.63) is 28.1 Å². The number of nitro groups is 1. The Kier molecular flexibility index (Phi) is 3.81. The second kappa shape index (κ2) is 5.10. The van der Waals surface area contributed by atoms with Gasteiger partial charge in [0.25, 0.3) is 11.6 Å². The van der Waals surface area contributed by atoms with Gasteiger partial charge in [-0.1, -0.05) is 6.92 Å². The standard InChI is InChI=1S/C9H11N3O5/c1-2-6(9(14)15)11-8(13)7-3-5(4-10-7)12(16)17/h3-4,6,10H,2H2,1H3,(H,11,13)(H,14,15)/t6-/m1/s1. The van der Waals surface area contributed by atoms with Crippen molar-refractivity contribution >= 4 is 17.6 Å². The van der Waals surface area contributed by atoms with Crippen LogP contribution in [0.4, 0.5) is 5.69 Å². The van der Waals surface area contributed by atoms with Crippen LogP contribution in [0.15, 0.2) is 12.3 Å². The van der Waals surface area contributed by atoms with Gasteiger partial charge in [-0.25, -0.2) is 4.79 Å². The van der Waals surface area contributed by atoms with Gasteiger partial charge in [0.1, 0.15) is 11.7 Å². The highest BCUT2D eigenvalue weighted by molar-refractivity contribution is 5.95. The van der Waals surface area contributed by atoms with Crippen LogP contribution in [0.3, 0.4) is 0 Å². The molecule has 1 amide bonds. The number of aromatic nitrogens is 1. The van der Waals surface area contributed by atoms with Gasteiger partial charge in [0.2, 0.25) is 0 Å². The van der Waals surface area contributed by atoms with Gasteiger partial charge in [0.05, 0.1) is 11.1 Å². The summed E-state index contributed by atoms with van der Waals surface area (Å²) < 4.78 is 0. The van der Waals surface area contributed by atoms with E-state index in [9.17, 15) is 19.7 Å². The number of rotatable bonds is 5. The van der Waals surface area contributed by atoms with Crippen LogP contribution in [-0.2, 0) is 4.79 Å². The fraction of sp³-hybridized carbons (Fsp3) is 0.333. The molecule has 1 heterocycles. The number of carboxylic acid groups (broad SMARTS) is 1. The van der Waals surface area contributed by atoms with Crippen LogP contribution in [-0.4, -0.2) is 32.9 Å². The molecule has 1 aromatic heterocycles. The molecule has 0 radical (unpaired) electrons. The highest BCUT2D eigenvalue weighted by atomic mass is 16.6. The molecule has 17 heavy (non-hydrogen) atoms. The average molecular weight is 241 g/mol. The van der Waals surface area contributed by atoms with Crippen molar-refractivity contribution in [2.45, 2.75) is 19.4 Å². The van der Waals surface area contributed by atoms with Gasteiger partial charge in [-0.2, -0.15) is 0 Å². The van der Waals surface area contributed by atoms with E-state index in [4.69, 9.17) is 5.11 Å². The first-order valence-corrected chi connectivity index (χ1v) is 4.82. The molecular weight excluding hydrogens is 230 g/mol. The summed E-state index contributed by atoms with van der Waals surface area (Å²) in [6.07, 6.45) is 1.29. The van der Waals surface area contributed by atoms with Crippen LogP contribution in [0.5, 0.6) is 0 Å². The molecule has 8 nitrogen and oxygen atoms in total. The Hall–Kier alpha value is -2.38. The predicted octanol–water partition coefficient (Wildman–Crippen LogP) is 0.516. The Labute approximate surface area is 95.8 Å². The minimum absolute atomic E-state index is 0.0450. The molecule has 0 unspecified atom stereocenters. The number of amides is 1. The monoisotopic (exact) mass is 241 g/mol. The second-order valence-corrected chi connectivity index (χ2v) is 3.30. The van der Waals surface area contributed by atoms with Crippen molar-refractivity contribution < 1.29 is 19.6 Å². The van der Waals surface area contributed by atoms with E-state index in [0.29, 0.717) is 0 Å². The lowest BCUT2D eigenvalue weighted by Crippen LogP contribution is -2.40. The van der Waals surface area contributed by atoms with Crippen molar-refractivity contribution in [3.63, 3.8) is 0 Å². The van der Waals surface area contributed by atoms with Crippen LogP contribution < -0.4 is 5.32 Å². The molecular formula is C9H11N3O5. The Bertz CT molecular complexity index is 453. The predicted molar refractivity (Wildman–Crippen MR) is 56.6 cm³/mol. The summed E-state index contributed by atoms with van der Waals surface area (Å²) in [7, 11) is 0. The molecule has 0 aromatic carbocycles. The molecule has 1 rings (SSSR count). The largest absolute Gasteiger partial charge is 0.480 e. The second-order valence-electron chi connectivity index (χ2n) is 3.30. The molecule has 0 saturated carbocycles. The van der Waals surface area contributed by atoms with Crippen LogP contribution in [0.1, 0.15) is 23.8 Å². The number of aromatic amines is 1. The molecule has 3 N–H and O–H groups in total. The summed E-state index contributed by atoms with van der Waals surface area (Å²) in [4.78, 5) is 34.3. The zero-order chi connectivity index (χ0) is 13.0. The number of H-pyrrole nitrogens is 1. The summed E-state index contributed by atoms with van der Waals surface area (Å²) in [6.45, 7) is 1.61. The number of hydrogen-bond acceptors (Lipinski definition) is 4. The number of carbonyl (C=O) groups excluding carboxylic acids is 1. The van der Waals surface area contributed by atoms with E-state index in [0.717, 1.165) is 12.3 Å². The minimum atomic E-state index is -1.15. The number of carbonyl (C=O) groups is 2. The van der Waals surface area contributed by atoms with Crippen LogP contribution in [0.2, 0.25) is 0 Å². The Morgan fingerprint density at radius 3 is 2.71 bits per heavy atom. The van der Waals surface area contributed by atoms with Crippen molar-refractivity contribution in [3.8, 4) is 0 Å². The fourth-order valence-corrected chi connectivity index (χ4v) is 1.19. The lowest BCUT2D eigenvalue weighted by atomic mass is 10.2. The first-order valence-electron chi connectivity index (χ1n) is 4.82. The van der Waals surface area contributed by atoms with E-state index >= 15 is 0 Å². The van der Waals surface area contributed by atoms with Gasteiger partial charge in [-0.15, -0.1) is 0 Å². The normalized spacial score (nSPS) is 11.8. The van der Waals surface area contributed by atoms with Crippen LogP contribution in [0, 0.1) is 10.1 Å².